The molecule has 0 N–H and O–H groups in total. The zero-order valence-electron chi connectivity index (χ0n) is 50.8. The van der Waals surface area contributed by atoms with Gasteiger partial charge >= 0.3 is 0 Å². The minimum Gasteiger partial charge on any atom is -0.457 e. The maximum Gasteiger partial charge on any atom is 0.230 e. The van der Waals surface area contributed by atoms with Crippen molar-refractivity contribution in [3.05, 3.63) is 238 Å². The van der Waals surface area contributed by atoms with Crippen molar-refractivity contribution in [2.24, 2.45) is 0 Å². The first-order valence-electron chi connectivity index (χ1n) is 30.8. The van der Waals surface area contributed by atoms with E-state index in [0.29, 0.717) is 46.0 Å². The van der Waals surface area contributed by atoms with E-state index >= 15 is 0 Å². The Morgan fingerprint density at radius 3 is 0.674 bits per heavy atom. The largest absolute Gasteiger partial charge is 0.457 e. The molecule has 0 unspecified atom stereocenters. The first-order valence-corrected chi connectivity index (χ1v) is 30.8. The van der Waals surface area contributed by atoms with Crippen LogP contribution in [0.3, 0.4) is 0 Å². The van der Waals surface area contributed by atoms with Gasteiger partial charge in [-0.2, -0.15) is 20.4 Å². The molecule has 456 valence electrons. The normalized spacial score (nSPS) is 17.2. The standard InChI is InChI=1S/C72H60N12O8/c1-41-45-29-47-42(2)49-31-51-44(4)52-32-50-43(3)48-30-46(41)66-54(34-82-26-18-62(78-82)58-14-6-10-22-74-58)68(48)88-39-90-70(50)56(36-84-28-20-64(80-84)60-16-8-12-24-76-60)72(52)92-40-91-71(51)55(35-83-27-19-63(79-83)59-15-7-11-23-75-59)69(49)89-38-87-67(47)53(65(45)85-37-86-66)33-81-25-17-61(77-81)57-13-5-9-21-73-57/h5-32,41-44H,33-40H2,1-4H3. The van der Waals surface area contributed by atoms with Gasteiger partial charge in [-0.05, 0) is 97.1 Å². The first-order chi connectivity index (χ1) is 45.2. The molecule has 12 aromatic rings. The van der Waals surface area contributed by atoms with Crippen molar-refractivity contribution in [3.63, 3.8) is 0 Å². The maximum absolute atomic E-state index is 7.07. The quantitative estimate of drug-likeness (QED) is 0.112. The van der Waals surface area contributed by atoms with Gasteiger partial charge in [0.2, 0.25) is 27.2 Å². The predicted octanol–water partition coefficient (Wildman–Crippen LogP) is 12.7. The summed E-state index contributed by atoms with van der Waals surface area (Å²) in [5.41, 5.74) is 16.6. The highest BCUT2D eigenvalue weighted by Gasteiger charge is 2.40. The summed E-state index contributed by atoms with van der Waals surface area (Å²) >= 11 is 0. The second-order valence-corrected chi connectivity index (χ2v) is 23.7. The second kappa shape index (κ2) is 22.3. The van der Waals surface area contributed by atoms with Crippen LogP contribution in [0.1, 0.15) is 118 Å². The Kier molecular flexibility index (Phi) is 13.3. The molecule has 4 aromatic carbocycles. The fraction of sp³-hybridized carbons (Fsp3) is 0.222. The van der Waals surface area contributed by atoms with Crippen molar-refractivity contribution in [1.82, 2.24) is 59.1 Å². The van der Waals surface area contributed by atoms with Crippen molar-refractivity contribution >= 4 is 0 Å². The van der Waals surface area contributed by atoms with Gasteiger partial charge in [-0.1, -0.05) is 52.0 Å². The van der Waals surface area contributed by atoms with Gasteiger partial charge < -0.3 is 37.9 Å². The molecule has 1 aliphatic carbocycles. The second-order valence-electron chi connectivity index (χ2n) is 23.7. The van der Waals surface area contributed by atoms with Gasteiger partial charge in [-0.15, -0.1) is 0 Å². The molecule has 0 radical (unpaired) electrons. The Balaban J connectivity index is 0.922. The third-order valence-electron chi connectivity index (χ3n) is 18.4. The molecule has 20 heteroatoms. The highest BCUT2D eigenvalue weighted by Crippen LogP contribution is 2.57. The first kappa shape index (κ1) is 54.8. The van der Waals surface area contributed by atoms with Crippen molar-refractivity contribution < 1.29 is 37.9 Å². The molecule has 0 saturated heterocycles. The fourth-order valence-corrected chi connectivity index (χ4v) is 13.8. The Morgan fingerprint density at radius 1 is 0.283 bits per heavy atom. The molecule has 0 atom stereocenters. The maximum atomic E-state index is 7.07. The average Bonchev–Trinajstić information content (AvgIpc) is 0.749. The van der Waals surface area contributed by atoms with Crippen LogP contribution in [0, 0.1) is 0 Å². The van der Waals surface area contributed by atoms with Gasteiger partial charge in [0.25, 0.3) is 0 Å². The summed E-state index contributed by atoms with van der Waals surface area (Å²) in [6, 6.07) is 40.3. The lowest BCUT2D eigenvalue weighted by Gasteiger charge is -2.36. The number of nitrogens with zero attached hydrogens (tertiary/aromatic N) is 12. The number of ether oxygens (including phenoxy) is 8. The highest BCUT2D eigenvalue weighted by molar-refractivity contribution is 5.70. The lowest BCUT2D eigenvalue weighted by Crippen LogP contribution is -2.25. The van der Waals surface area contributed by atoms with Gasteiger partial charge in [-0.25, -0.2) is 0 Å². The van der Waals surface area contributed by atoms with Crippen molar-refractivity contribution in [2.75, 3.05) is 27.2 Å². The van der Waals surface area contributed by atoms with E-state index in [2.05, 4.69) is 71.9 Å². The van der Waals surface area contributed by atoms with Crippen LogP contribution in [0.15, 0.2) is 171 Å². The molecular formula is C72H60N12O8. The Bertz CT molecular complexity index is 4090. The van der Waals surface area contributed by atoms with Gasteiger partial charge in [0.15, 0.2) is 0 Å². The average molecular weight is 1220 g/mol. The number of hydrogen-bond donors (Lipinski definition) is 0. The van der Waals surface area contributed by atoms with Crippen LogP contribution in [0.4, 0.5) is 0 Å². The zero-order valence-corrected chi connectivity index (χ0v) is 50.8. The number of benzene rings is 4. The molecule has 4 aliphatic heterocycles. The Hall–Kier alpha value is -11.3. The molecule has 0 amide bonds. The summed E-state index contributed by atoms with van der Waals surface area (Å²) in [5, 5.41) is 20.4. The molecule has 8 aromatic heterocycles. The zero-order chi connectivity index (χ0) is 61.6. The summed E-state index contributed by atoms with van der Waals surface area (Å²) in [6.07, 6.45) is 15.0. The smallest absolute Gasteiger partial charge is 0.230 e. The van der Waals surface area contributed by atoms with E-state index in [0.717, 1.165) is 112 Å². The molecule has 17 rings (SSSR count). The lowest BCUT2D eigenvalue weighted by molar-refractivity contribution is 0.0945. The van der Waals surface area contributed by atoms with Crippen LogP contribution in [-0.4, -0.2) is 86.2 Å². The SMILES string of the molecule is CC1c2cc3c4c(Cn5ccc(-c6ccccn6)n5)c2OCOc2c1cc1c(c2Cn2ccc(-c5ccccn5)n2)OCOc2c(cc5c(c2Cn2ccc(-c6ccccn6)n2)OCOc2c(cc(c(c2Cn2ccc(-c6ccccn6)n2)OCO4)C3C)C5C)C1C. The van der Waals surface area contributed by atoms with Crippen LogP contribution in [-0.2, 0) is 26.2 Å². The van der Waals surface area contributed by atoms with Crippen LogP contribution < -0.4 is 37.9 Å². The highest BCUT2D eigenvalue weighted by atomic mass is 16.7. The van der Waals surface area contributed by atoms with E-state index < -0.39 is 0 Å². The van der Waals surface area contributed by atoms with Crippen molar-refractivity contribution in [1.29, 1.82) is 0 Å². The topological polar surface area (TPSA) is 197 Å². The van der Waals surface area contributed by atoms with Crippen molar-refractivity contribution in [2.45, 2.75) is 77.5 Å². The van der Waals surface area contributed by atoms with Crippen LogP contribution in [0.5, 0.6) is 46.0 Å². The summed E-state index contributed by atoms with van der Waals surface area (Å²) in [4.78, 5) is 18.5. The number of hydrogen-bond acceptors (Lipinski definition) is 16. The molecular weight excluding hydrogens is 1160 g/mol. The van der Waals surface area contributed by atoms with Crippen LogP contribution in [0.2, 0.25) is 0 Å². The molecule has 0 fully saturated rings. The molecule has 8 bridgehead atoms. The number of rotatable bonds is 12. The molecule has 5 aliphatic rings. The minimum absolute atomic E-state index is 0.154. The summed E-state index contributed by atoms with van der Waals surface area (Å²) < 4.78 is 64.2. The Morgan fingerprint density at radius 2 is 0.489 bits per heavy atom. The van der Waals surface area contributed by atoms with E-state index in [4.69, 9.17) is 58.3 Å². The monoisotopic (exact) mass is 1220 g/mol. The van der Waals surface area contributed by atoms with E-state index in [1.165, 1.54) is 0 Å². The predicted molar refractivity (Wildman–Crippen MR) is 339 cm³/mol. The van der Waals surface area contributed by atoms with Crippen molar-refractivity contribution in [3.8, 4) is 91.5 Å². The van der Waals surface area contributed by atoms with E-state index in [1.807, 2.05) is 141 Å². The Labute approximate surface area is 528 Å². The van der Waals surface area contributed by atoms with Gasteiger partial charge in [0, 0.05) is 118 Å². The third kappa shape index (κ3) is 9.42. The summed E-state index contributed by atoms with van der Waals surface area (Å²) in [5.74, 6) is 3.59. The van der Waals surface area contributed by atoms with E-state index in [9.17, 15) is 0 Å². The minimum atomic E-state index is -0.359. The van der Waals surface area contributed by atoms with Gasteiger partial charge in [-0.3, -0.25) is 38.7 Å². The molecule has 92 heavy (non-hydrogen) atoms. The third-order valence-corrected chi connectivity index (χ3v) is 18.4. The fourth-order valence-electron chi connectivity index (χ4n) is 13.8. The lowest BCUT2D eigenvalue weighted by atomic mass is 9.78. The molecule has 0 spiro atoms. The van der Waals surface area contributed by atoms with Gasteiger partial charge in [0.1, 0.15) is 68.8 Å². The number of aromatic nitrogens is 12. The summed E-state index contributed by atoms with van der Waals surface area (Å²) in [7, 11) is 0. The molecule has 20 nitrogen and oxygen atoms in total. The van der Waals surface area contributed by atoms with Gasteiger partial charge in [0.05, 0.1) is 71.2 Å². The van der Waals surface area contributed by atoms with E-state index in [1.54, 1.807) is 24.8 Å². The number of pyridine rings is 4. The van der Waals surface area contributed by atoms with E-state index in [-0.39, 0.29) is 77.0 Å². The molecule has 0 saturated carbocycles. The van der Waals surface area contributed by atoms with Crippen LogP contribution >= 0.6 is 0 Å². The molecule has 12 heterocycles. The summed E-state index contributed by atoms with van der Waals surface area (Å²) in [6.45, 7) is 9.39. The van der Waals surface area contributed by atoms with Crippen LogP contribution in [0.25, 0.3) is 45.6 Å².